The number of aromatic amines is 2. The first-order valence-electron chi connectivity index (χ1n) is 9.78. The Hall–Kier alpha value is -3.78. The molecule has 0 bridgehead atoms. The summed E-state index contributed by atoms with van der Waals surface area (Å²) in [5, 5.41) is 9.49. The van der Waals surface area contributed by atoms with Crippen molar-refractivity contribution in [1.29, 1.82) is 0 Å². The predicted molar refractivity (Wildman–Crippen MR) is 121 cm³/mol. The maximum absolute atomic E-state index is 13.6. The molecule has 6 nitrogen and oxygen atoms in total. The molecule has 0 unspecified atom stereocenters. The van der Waals surface area contributed by atoms with Crippen molar-refractivity contribution in [1.82, 2.24) is 29.7 Å². The van der Waals surface area contributed by atoms with E-state index in [1.54, 1.807) is 18.5 Å². The van der Waals surface area contributed by atoms with Crippen molar-refractivity contribution in [3.8, 4) is 33.1 Å². The largest absolute Gasteiger partial charge is 0.352 e. The van der Waals surface area contributed by atoms with E-state index in [2.05, 4.69) is 47.9 Å². The van der Waals surface area contributed by atoms with E-state index in [0.717, 1.165) is 72.1 Å². The van der Waals surface area contributed by atoms with Gasteiger partial charge < -0.3 is 9.55 Å². The lowest BCUT2D eigenvalue weighted by molar-refractivity contribution is 0.657. The molecule has 0 saturated carbocycles. The quantitative estimate of drug-likeness (QED) is 0.381. The van der Waals surface area contributed by atoms with Crippen LogP contribution in [0.3, 0.4) is 0 Å². The first-order chi connectivity index (χ1) is 15.1. The number of nitrogens with zero attached hydrogens (tertiary/aromatic N) is 4. The fourth-order valence-electron chi connectivity index (χ4n) is 3.98. The van der Waals surface area contributed by atoms with Gasteiger partial charge >= 0.3 is 0 Å². The van der Waals surface area contributed by atoms with Gasteiger partial charge in [0.2, 0.25) is 0 Å². The van der Waals surface area contributed by atoms with E-state index in [-0.39, 0.29) is 5.13 Å². The molecule has 5 aromatic heterocycles. The van der Waals surface area contributed by atoms with E-state index < -0.39 is 0 Å². The highest BCUT2D eigenvalue weighted by Crippen LogP contribution is 2.36. The smallest absolute Gasteiger partial charge is 0.176 e. The summed E-state index contributed by atoms with van der Waals surface area (Å²) >= 11 is 1.12. The van der Waals surface area contributed by atoms with Crippen LogP contribution in [0.5, 0.6) is 0 Å². The number of thiophene rings is 1. The third kappa shape index (κ3) is 2.79. The first kappa shape index (κ1) is 18.0. The van der Waals surface area contributed by atoms with Gasteiger partial charge in [-0.3, -0.25) is 10.1 Å². The standard InChI is InChI=1S/C23H17FN6S/c1-12-26-11-20(30(12)2)13-3-4-17-15(7-13)23(29-28-17)18-8-14-16(9-25-10-19(14)27-18)21-5-6-22(24)31-21/h3-11,27H,1-2H3,(H,28,29). The molecular formula is C23H17FN6S. The Labute approximate surface area is 180 Å². The number of pyridine rings is 1. The van der Waals surface area contributed by atoms with Crippen molar-refractivity contribution in [3.05, 3.63) is 65.9 Å². The van der Waals surface area contributed by atoms with Crippen LogP contribution in [0.4, 0.5) is 4.39 Å². The van der Waals surface area contributed by atoms with Crippen LogP contribution in [0.1, 0.15) is 5.82 Å². The molecule has 8 heteroatoms. The van der Waals surface area contributed by atoms with Crippen LogP contribution in [-0.2, 0) is 7.05 Å². The van der Waals surface area contributed by atoms with Crippen LogP contribution in [0.2, 0.25) is 0 Å². The molecule has 31 heavy (non-hydrogen) atoms. The summed E-state index contributed by atoms with van der Waals surface area (Å²) in [6, 6.07) is 11.6. The number of hydrogen-bond acceptors (Lipinski definition) is 4. The molecule has 0 atom stereocenters. The maximum atomic E-state index is 13.6. The minimum absolute atomic E-state index is 0.209. The van der Waals surface area contributed by atoms with Crippen molar-refractivity contribution >= 4 is 33.1 Å². The van der Waals surface area contributed by atoms with Crippen LogP contribution in [0.25, 0.3) is 54.9 Å². The van der Waals surface area contributed by atoms with Gasteiger partial charge in [-0.2, -0.15) is 9.49 Å². The number of fused-ring (bicyclic) bond motifs is 2. The molecule has 0 aliphatic carbocycles. The van der Waals surface area contributed by atoms with Gasteiger partial charge in [-0.25, -0.2) is 4.98 Å². The Morgan fingerprint density at radius 1 is 1.00 bits per heavy atom. The average molecular weight is 428 g/mol. The monoisotopic (exact) mass is 428 g/mol. The van der Waals surface area contributed by atoms with Crippen LogP contribution >= 0.6 is 11.3 Å². The van der Waals surface area contributed by atoms with E-state index in [1.165, 1.54) is 6.07 Å². The zero-order valence-corrected chi connectivity index (χ0v) is 17.6. The summed E-state index contributed by atoms with van der Waals surface area (Å²) in [5.41, 5.74) is 6.58. The fourth-order valence-corrected chi connectivity index (χ4v) is 4.74. The van der Waals surface area contributed by atoms with Crippen LogP contribution in [-0.4, -0.2) is 29.7 Å². The van der Waals surface area contributed by atoms with Crippen molar-refractivity contribution in [2.24, 2.45) is 7.05 Å². The predicted octanol–water partition coefficient (Wildman–Crippen LogP) is 5.68. The lowest BCUT2D eigenvalue weighted by atomic mass is 10.1. The minimum atomic E-state index is -0.209. The molecule has 1 aromatic carbocycles. The van der Waals surface area contributed by atoms with Crippen molar-refractivity contribution in [2.75, 3.05) is 0 Å². The summed E-state index contributed by atoms with van der Waals surface area (Å²) in [6.07, 6.45) is 5.44. The van der Waals surface area contributed by atoms with Crippen LogP contribution in [0.15, 0.2) is 55.0 Å². The molecule has 6 aromatic rings. The van der Waals surface area contributed by atoms with Gasteiger partial charge in [-0.15, -0.1) is 11.3 Å². The summed E-state index contributed by atoms with van der Waals surface area (Å²) in [4.78, 5) is 13.0. The Balaban J connectivity index is 1.52. The number of nitrogens with one attached hydrogen (secondary N) is 2. The Morgan fingerprint density at radius 3 is 2.68 bits per heavy atom. The molecule has 0 aliphatic rings. The average Bonchev–Trinajstić information content (AvgIpc) is 3.54. The Bertz CT molecular complexity index is 1580. The zero-order valence-electron chi connectivity index (χ0n) is 16.8. The number of halogens is 1. The third-order valence-electron chi connectivity index (χ3n) is 5.72. The summed E-state index contributed by atoms with van der Waals surface area (Å²) in [7, 11) is 2.01. The van der Waals surface area contributed by atoms with Gasteiger partial charge in [-0.05, 0) is 37.3 Å². The number of rotatable bonds is 3. The van der Waals surface area contributed by atoms with Crippen molar-refractivity contribution in [3.63, 3.8) is 0 Å². The third-order valence-corrected chi connectivity index (χ3v) is 6.63. The van der Waals surface area contributed by atoms with Gasteiger partial charge in [-0.1, -0.05) is 6.07 Å². The van der Waals surface area contributed by atoms with E-state index in [4.69, 9.17) is 0 Å². The van der Waals surface area contributed by atoms with Crippen molar-refractivity contribution in [2.45, 2.75) is 6.92 Å². The molecule has 0 saturated heterocycles. The van der Waals surface area contributed by atoms with Crippen molar-refractivity contribution < 1.29 is 4.39 Å². The van der Waals surface area contributed by atoms with E-state index >= 15 is 0 Å². The number of H-pyrrole nitrogens is 2. The Kier molecular flexibility index (Phi) is 3.85. The molecule has 152 valence electrons. The molecule has 0 spiro atoms. The lowest BCUT2D eigenvalue weighted by Crippen LogP contribution is -1.94. The second kappa shape index (κ2) is 6.61. The topological polar surface area (TPSA) is 75.2 Å². The van der Waals surface area contributed by atoms with Gasteiger partial charge in [0.05, 0.1) is 34.8 Å². The van der Waals surface area contributed by atoms with Gasteiger partial charge in [0.15, 0.2) is 5.13 Å². The SMILES string of the molecule is Cc1ncc(-c2ccc3[nH]nc(-c4cc5c(-c6ccc(F)s6)cncc5[nH]4)c3c2)n1C. The highest BCUT2D eigenvalue weighted by atomic mass is 32.1. The summed E-state index contributed by atoms with van der Waals surface area (Å²) < 4.78 is 15.7. The fraction of sp³-hybridized carbons (Fsp3) is 0.0870. The molecule has 5 heterocycles. The van der Waals surface area contributed by atoms with Gasteiger partial charge in [0.1, 0.15) is 11.5 Å². The number of imidazole rings is 1. The summed E-state index contributed by atoms with van der Waals surface area (Å²) in [6.45, 7) is 1.99. The minimum Gasteiger partial charge on any atom is -0.352 e. The lowest BCUT2D eigenvalue weighted by Gasteiger charge is -2.04. The maximum Gasteiger partial charge on any atom is 0.176 e. The highest BCUT2D eigenvalue weighted by molar-refractivity contribution is 7.14. The molecule has 6 rings (SSSR count). The first-order valence-corrected chi connectivity index (χ1v) is 10.6. The number of benzene rings is 1. The molecular weight excluding hydrogens is 411 g/mol. The second-order valence-electron chi connectivity index (χ2n) is 7.52. The normalized spacial score (nSPS) is 11.7. The number of aromatic nitrogens is 6. The number of aryl methyl sites for hydroxylation is 1. The van der Waals surface area contributed by atoms with Crippen LogP contribution < -0.4 is 0 Å². The Morgan fingerprint density at radius 2 is 1.90 bits per heavy atom. The van der Waals surface area contributed by atoms with Crippen LogP contribution in [0, 0.1) is 12.1 Å². The highest BCUT2D eigenvalue weighted by Gasteiger charge is 2.16. The van der Waals surface area contributed by atoms with E-state index in [0.29, 0.717) is 0 Å². The molecule has 0 radical (unpaired) electrons. The van der Waals surface area contributed by atoms with Gasteiger partial charge in [0, 0.05) is 40.0 Å². The second-order valence-corrected chi connectivity index (χ2v) is 8.55. The molecule has 0 aliphatic heterocycles. The van der Waals surface area contributed by atoms with E-state index in [9.17, 15) is 4.39 Å². The molecule has 0 fully saturated rings. The zero-order chi connectivity index (χ0) is 21.1. The molecule has 0 amide bonds. The van der Waals surface area contributed by atoms with Gasteiger partial charge in [0.25, 0.3) is 0 Å². The number of hydrogen-bond donors (Lipinski definition) is 2. The molecule has 2 N–H and O–H groups in total. The van der Waals surface area contributed by atoms with E-state index in [1.807, 2.05) is 26.2 Å². The summed E-state index contributed by atoms with van der Waals surface area (Å²) in [5.74, 6) is 0.961.